The van der Waals surface area contributed by atoms with E-state index in [-0.39, 0.29) is 11.9 Å². The van der Waals surface area contributed by atoms with Gasteiger partial charge in [-0.25, -0.2) is 0 Å². The van der Waals surface area contributed by atoms with Crippen LogP contribution in [-0.2, 0) is 10.2 Å². The summed E-state index contributed by atoms with van der Waals surface area (Å²) >= 11 is 1.71. The number of nitrogen functional groups attached to an aromatic ring is 1. The van der Waals surface area contributed by atoms with Crippen LogP contribution in [0.3, 0.4) is 0 Å². The zero-order chi connectivity index (χ0) is 15.6. The lowest BCUT2D eigenvalue weighted by atomic mass is 9.83. The maximum absolute atomic E-state index is 12.6. The van der Waals surface area contributed by atoms with Crippen LogP contribution in [0.15, 0.2) is 36.4 Å². The number of hydrogen-bond acceptors (Lipinski definition) is 3. The molecule has 3 nitrogen and oxygen atoms in total. The molecule has 3 N–H and O–H groups in total. The average molecular weight is 302 g/mol. The third-order valence-corrected chi connectivity index (χ3v) is 4.92. The second-order valence-corrected chi connectivity index (χ2v) is 7.21. The van der Waals surface area contributed by atoms with Gasteiger partial charge >= 0.3 is 0 Å². The molecule has 1 atom stereocenters. The molecule has 0 aliphatic heterocycles. The first kappa shape index (κ1) is 15.6. The van der Waals surface area contributed by atoms with Crippen LogP contribution in [0.4, 0.5) is 5.69 Å². The highest BCUT2D eigenvalue weighted by molar-refractivity contribution is 7.12. The van der Waals surface area contributed by atoms with Crippen molar-refractivity contribution in [3.8, 4) is 0 Å². The SMILES string of the molecule is Cc1ccc(C(C)NC(=O)C(C)(C)c2ccc(N)cc2)s1. The number of rotatable bonds is 4. The van der Waals surface area contributed by atoms with E-state index >= 15 is 0 Å². The Morgan fingerprint density at radius 2 is 1.81 bits per heavy atom. The molecule has 0 aliphatic carbocycles. The van der Waals surface area contributed by atoms with Gasteiger partial charge in [-0.05, 0) is 57.5 Å². The molecule has 0 saturated carbocycles. The summed E-state index contributed by atoms with van der Waals surface area (Å²) in [5.41, 5.74) is 6.78. The molecular weight excluding hydrogens is 280 g/mol. The van der Waals surface area contributed by atoms with E-state index in [0.29, 0.717) is 5.69 Å². The van der Waals surface area contributed by atoms with Crippen molar-refractivity contribution in [1.82, 2.24) is 5.32 Å². The van der Waals surface area contributed by atoms with Crippen molar-refractivity contribution in [2.24, 2.45) is 0 Å². The topological polar surface area (TPSA) is 55.1 Å². The summed E-state index contributed by atoms with van der Waals surface area (Å²) in [5, 5.41) is 3.10. The van der Waals surface area contributed by atoms with Crippen LogP contribution >= 0.6 is 11.3 Å². The third-order valence-electron chi connectivity index (χ3n) is 3.74. The van der Waals surface area contributed by atoms with Crippen LogP contribution in [0.1, 0.15) is 42.1 Å². The van der Waals surface area contributed by atoms with Gasteiger partial charge in [-0.2, -0.15) is 0 Å². The van der Waals surface area contributed by atoms with Crippen molar-refractivity contribution >= 4 is 22.9 Å². The normalized spacial score (nSPS) is 13.0. The number of thiophene rings is 1. The Morgan fingerprint density at radius 3 is 2.33 bits per heavy atom. The first-order valence-corrected chi connectivity index (χ1v) is 7.85. The van der Waals surface area contributed by atoms with E-state index in [1.165, 1.54) is 9.75 Å². The molecule has 4 heteroatoms. The van der Waals surface area contributed by atoms with Crippen molar-refractivity contribution in [3.63, 3.8) is 0 Å². The van der Waals surface area contributed by atoms with E-state index in [1.807, 2.05) is 45.0 Å². The predicted octanol–water partition coefficient (Wildman–Crippen LogP) is 3.79. The quantitative estimate of drug-likeness (QED) is 0.844. The Kier molecular flexibility index (Phi) is 4.37. The first-order valence-electron chi connectivity index (χ1n) is 7.04. The zero-order valence-electron chi connectivity index (χ0n) is 12.9. The van der Waals surface area contributed by atoms with Gasteiger partial charge in [0.05, 0.1) is 11.5 Å². The van der Waals surface area contributed by atoms with Gasteiger partial charge in [-0.3, -0.25) is 4.79 Å². The minimum atomic E-state index is -0.589. The standard InChI is InChI=1S/C17H22N2OS/c1-11-5-10-15(21-11)12(2)19-16(20)17(3,4)13-6-8-14(18)9-7-13/h5-10,12H,18H2,1-4H3,(H,19,20). The summed E-state index contributed by atoms with van der Waals surface area (Å²) in [6.07, 6.45) is 0. The number of nitrogens with one attached hydrogen (secondary N) is 1. The van der Waals surface area contributed by atoms with Gasteiger partial charge in [0.25, 0.3) is 0 Å². The summed E-state index contributed by atoms with van der Waals surface area (Å²) < 4.78 is 0. The molecule has 21 heavy (non-hydrogen) atoms. The van der Waals surface area contributed by atoms with Crippen LogP contribution in [0.5, 0.6) is 0 Å². The lowest BCUT2D eigenvalue weighted by Gasteiger charge is -2.26. The molecule has 0 bridgehead atoms. The van der Waals surface area contributed by atoms with E-state index < -0.39 is 5.41 Å². The van der Waals surface area contributed by atoms with Crippen molar-refractivity contribution in [2.75, 3.05) is 5.73 Å². The highest BCUT2D eigenvalue weighted by atomic mass is 32.1. The molecule has 2 rings (SSSR count). The van der Waals surface area contributed by atoms with Crippen LogP contribution in [-0.4, -0.2) is 5.91 Å². The van der Waals surface area contributed by atoms with Crippen LogP contribution in [0.2, 0.25) is 0 Å². The van der Waals surface area contributed by atoms with Gasteiger partial charge in [0, 0.05) is 15.4 Å². The summed E-state index contributed by atoms with van der Waals surface area (Å²) in [5.74, 6) is 0.0193. The zero-order valence-corrected chi connectivity index (χ0v) is 13.8. The van der Waals surface area contributed by atoms with Crippen LogP contribution in [0.25, 0.3) is 0 Å². The van der Waals surface area contributed by atoms with Gasteiger partial charge in [-0.15, -0.1) is 11.3 Å². The predicted molar refractivity (Wildman–Crippen MR) is 89.5 cm³/mol. The van der Waals surface area contributed by atoms with Crippen molar-refractivity contribution in [1.29, 1.82) is 0 Å². The second-order valence-electron chi connectivity index (χ2n) is 5.89. The number of anilines is 1. The molecule has 1 heterocycles. The molecule has 0 aliphatic rings. The highest BCUT2D eigenvalue weighted by Crippen LogP contribution is 2.27. The molecular formula is C17H22N2OS. The molecule has 2 aromatic rings. The lowest BCUT2D eigenvalue weighted by molar-refractivity contribution is -0.126. The number of hydrogen-bond donors (Lipinski definition) is 2. The Bertz CT molecular complexity index is 628. The Balaban J connectivity index is 2.13. The minimum absolute atomic E-state index is 0.0178. The summed E-state index contributed by atoms with van der Waals surface area (Å²) in [7, 11) is 0. The van der Waals surface area contributed by atoms with Crippen molar-refractivity contribution < 1.29 is 4.79 Å². The van der Waals surface area contributed by atoms with E-state index in [9.17, 15) is 4.79 Å². The number of amides is 1. The molecule has 112 valence electrons. The van der Waals surface area contributed by atoms with Crippen molar-refractivity contribution in [3.05, 3.63) is 51.7 Å². The Morgan fingerprint density at radius 1 is 1.19 bits per heavy atom. The largest absolute Gasteiger partial charge is 0.399 e. The van der Waals surface area contributed by atoms with Gasteiger partial charge < -0.3 is 11.1 Å². The Hall–Kier alpha value is -1.81. The maximum atomic E-state index is 12.6. The van der Waals surface area contributed by atoms with E-state index in [1.54, 1.807) is 11.3 Å². The smallest absolute Gasteiger partial charge is 0.230 e. The number of benzene rings is 1. The molecule has 1 unspecified atom stereocenters. The first-order chi connectivity index (χ1) is 9.80. The van der Waals surface area contributed by atoms with Gasteiger partial charge in [0.15, 0.2) is 0 Å². The molecule has 0 spiro atoms. The highest BCUT2D eigenvalue weighted by Gasteiger charge is 2.30. The van der Waals surface area contributed by atoms with Crippen LogP contribution in [0, 0.1) is 6.92 Å². The lowest BCUT2D eigenvalue weighted by Crippen LogP contribution is -2.41. The molecule has 1 aromatic carbocycles. The average Bonchev–Trinajstić information content (AvgIpc) is 2.86. The maximum Gasteiger partial charge on any atom is 0.230 e. The van der Waals surface area contributed by atoms with Gasteiger partial charge in [0.2, 0.25) is 5.91 Å². The van der Waals surface area contributed by atoms with Crippen molar-refractivity contribution in [2.45, 2.75) is 39.2 Å². The van der Waals surface area contributed by atoms with Crippen LogP contribution < -0.4 is 11.1 Å². The summed E-state index contributed by atoms with van der Waals surface area (Å²) in [6, 6.07) is 11.6. The molecule has 0 saturated heterocycles. The molecule has 1 amide bonds. The fourth-order valence-corrected chi connectivity index (χ4v) is 3.04. The van der Waals surface area contributed by atoms with E-state index in [4.69, 9.17) is 5.73 Å². The summed E-state index contributed by atoms with van der Waals surface area (Å²) in [6.45, 7) is 7.95. The van der Waals surface area contributed by atoms with Gasteiger partial charge in [0.1, 0.15) is 0 Å². The van der Waals surface area contributed by atoms with Gasteiger partial charge in [-0.1, -0.05) is 12.1 Å². The fourth-order valence-electron chi connectivity index (χ4n) is 2.17. The van der Waals surface area contributed by atoms with E-state index in [2.05, 4.69) is 24.4 Å². The number of carbonyl (C=O) groups excluding carboxylic acids is 1. The number of aryl methyl sites for hydroxylation is 1. The number of nitrogens with two attached hydrogens (primary N) is 1. The van der Waals surface area contributed by atoms with E-state index in [0.717, 1.165) is 5.56 Å². The fraction of sp³-hybridized carbons (Fsp3) is 0.353. The number of carbonyl (C=O) groups is 1. The molecule has 1 aromatic heterocycles. The Labute approximate surface area is 130 Å². The molecule has 0 radical (unpaired) electrons. The molecule has 0 fully saturated rings. The summed E-state index contributed by atoms with van der Waals surface area (Å²) in [4.78, 5) is 15.0. The monoisotopic (exact) mass is 302 g/mol. The second kappa shape index (κ2) is 5.90. The third kappa shape index (κ3) is 3.45. The minimum Gasteiger partial charge on any atom is -0.399 e.